The molecule has 4 heterocycles. The Labute approximate surface area is 210 Å². The molecule has 0 bridgehead atoms. The van der Waals surface area contributed by atoms with Crippen molar-refractivity contribution in [3.05, 3.63) is 29.6 Å². The van der Waals surface area contributed by atoms with Gasteiger partial charge in [-0.25, -0.2) is 9.78 Å². The number of fused-ring (bicyclic) bond motifs is 1. The zero-order valence-corrected chi connectivity index (χ0v) is 21.6. The monoisotopic (exact) mass is 481 g/mol. The van der Waals surface area contributed by atoms with Crippen LogP contribution >= 0.6 is 0 Å². The number of ether oxygens (including phenoxy) is 1. The van der Waals surface area contributed by atoms with Gasteiger partial charge in [0.15, 0.2) is 0 Å². The van der Waals surface area contributed by atoms with E-state index in [0.29, 0.717) is 6.04 Å². The summed E-state index contributed by atoms with van der Waals surface area (Å²) in [6.07, 6.45) is 11.3. The van der Waals surface area contributed by atoms with Crippen molar-refractivity contribution < 1.29 is 9.53 Å². The summed E-state index contributed by atoms with van der Waals surface area (Å²) in [4.78, 5) is 21.7. The van der Waals surface area contributed by atoms with Crippen molar-refractivity contribution in [2.45, 2.75) is 90.4 Å². The van der Waals surface area contributed by atoms with E-state index in [-0.39, 0.29) is 6.61 Å². The molecular formula is C28H43N5O2. The van der Waals surface area contributed by atoms with Gasteiger partial charge in [0.2, 0.25) is 0 Å². The third kappa shape index (κ3) is 5.36. The van der Waals surface area contributed by atoms with Gasteiger partial charge in [0, 0.05) is 48.9 Å². The number of amides is 1. The molecule has 0 aromatic carbocycles. The molecular weight excluding hydrogens is 438 g/mol. The summed E-state index contributed by atoms with van der Waals surface area (Å²) in [5, 5.41) is 1.19. The molecule has 192 valence electrons. The van der Waals surface area contributed by atoms with E-state index in [0.717, 1.165) is 74.8 Å². The van der Waals surface area contributed by atoms with E-state index in [9.17, 15) is 4.79 Å². The van der Waals surface area contributed by atoms with Gasteiger partial charge in [0.05, 0.1) is 5.69 Å². The van der Waals surface area contributed by atoms with Gasteiger partial charge in [-0.2, -0.15) is 0 Å². The van der Waals surface area contributed by atoms with Crippen molar-refractivity contribution in [1.29, 1.82) is 0 Å². The van der Waals surface area contributed by atoms with E-state index in [1.165, 1.54) is 49.5 Å². The number of pyridine rings is 1. The fourth-order valence-corrected chi connectivity index (χ4v) is 6.93. The summed E-state index contributed by atoms with van der Waals surface area (Å²) in [5.41, 5.74) is 8.77. The highest BCUT2D eigenvalue weighted by Gasteiger charge is 2.32. The molecule has 7 nitrogen and oxygen atoms in total. The van der Waals surface area contributed by atoms with Crippen LogP contribution in [0.15, 0.2) is 18.3 Å². The summed E-state index contributed by atoms with van der Waals surface area (Å²) in [7, 11) is 0. The van der Waals surface area contributed by atoms with Gasteiger partial charge in [-0.15, -0.1) is 0 Å². The number of likely N-dealkylation sites (tertiary alicyclic amines) is 2. The van der Waals surface area contributed by atoms with E-state index in [1.54, 1.807) is 0 Å². The predicted octanol–water partition coefficient (Wildman–Crippen LogP) is 5.08. The second-order valence-electron chi connectivity index (χ2n) is 11.3. The molecule has 1 saturated carbocycles. The molecule has 5 rings (SSSR count). The van der Waals surface area contributed by atoms with Crippen molar-refractivity contribution in [1.82, 2.24) is 19.4 Å². The predicted molar refractivity (Wildman–Crippen MR) is 139 cm³/mol. The van der Waals surface area contributed by atoms with Crippen molar-refractivity contribution in [2.75, 3.05) is 26.2 Å². The number of carbonyl (C=O) groups excluding carboxylic acids is 1. The first-order chi connectivity index (χ1) is 17.0. The molecule has 2 aromatic rings. The van der Waals surface area contributed by atoms with Crippen LogP contribution in [0.1, 0.15) is 82.5 Å². The number of aromatic nitrogens is 2. The Morgan fingerprint density at radius 2 is 1.77 bits per heavy atom. The number of nitrogens with two attached hydrogens (primary N) is 1. The lowest BCUT2D eigenvalue weighted by molar-refractivity contribution is 0.0874. The highest BCUT2D eigenvalue weighted by atomic mass is 16.5. The van der Waals surface area contributed by atoms with Crippen LogP contribution in [0.2, 0.25) is 0 Å². The van der Waals surface area contributed by atoms with Crippen LogP contribution in [-0.4, -0.2) is 57.7 Å². The Hall–Kier alpha value is -2.12. The van der Waals surface area contributed by atoms with E-state index < -0.39 is 6.09 Å². The van der Waals surface area contributed by atoms with Crippen molar-refractivity contribution >= 4 is 17.1 Å². The maximum atomic E-state index is 11.6. The maximum absolute atomic E-state index is 11.6. The molecule has 35 heavy (non-hydrogen) atoms. The van der Waals surface area contributed by atoms with Crippen molar-refractivity contribution in [3.63, 3.8) is 0 Å². The molecule has 2 saturated heterocycles. The molecule has 3 fully saturated rings. The minimum absolute atomic E-state index is 0.217. The van der Waals surface area contributed by atoms with E-state index >= 15 is 0 Å². The average Bonchev–Trinajstić information content (AvgIpc) is 3.49. The lowest BCUT2D eigenvalue weighted by atomic mass is 9.79. The Balaban J connectivity index is 1.36. The first kappa shape index (κ1) is 24.6. The zero-order valence-electron chi connectivity index (χ0n) is 21.6. The largest absolute Gasteiger partial charge is 0.443 e. The van der Waals surface area contributed by atoms with Crippen LogP contribution in [0.3, 0.4) is 0 Å². The van der Waals surface area contributed by atoms with Crippen LogP contribution in [0.4, 0.5) is 4.79 Å². The van der Waals surface area contributed by atoms with Crippen LogP contribution in [-0.2, 0) is 17.9 Å². The third-order valence-corrected chi connectivity index (χ3v) is 8.98. The summed E-state index contributed by atoms with van der Waals surface area (Å²) in [5.74, 6) is 1.72. The second-order valence-corrected chi connectivity index (χ2v) is 11.3. The van der Waals surface area contributed by atoms with Crippen molar-refractivity contribution in [3.8, 4) is 0 Å². The smallest absolute Gasteiger partial charge is 0.404 e. The summed E-state index contributed by atoms with van der Waals surface area (Å²) < 4.78 is 7.80. The van der Waals surface area contributed by atoms with Crippen LogP contribution in [0.5, 0.6) is 0 Å². The number of carbonyl (C=O) groups is 1. The summed E-state index contributed by atoms with van der Waals surface area (Å²) in [6, 6.07) is 5.32. The summed E-state index contributed by atoms with van der Waals surface area (Å²) in [6.45, 7) is 10.4. The number of nitrogens with zero attached hydrogens (tertiary/aromatic N) is 4. The molecule has 1 amide bonds. The first-order valence-corrected chi connectivity index (χ1v) is 13.9. The SMILES string of the molecule is CC(C)C1CCC(N2CCC(n3c(COC(N)=O)c(CN4CCCC4)c4cccnc43)CC2)CC1. The molecule has 2 N–H and O–H groups in total. The number of rotatable bonds is 7. The van der Waals surface area contributed by atoms with Gasteiger partial charge in [0.1, 0.15) is 12.3 Å². The fourth-order valence-electron chi connectivity index (χ4n) is 6.93. The molecule has 2 aliphatic heterocycles. The van der Waals surface area contributed by atoms with E-state index in [1.807, 2.05) is 12.3 Å². The Morgan fingerprint density at radius 3 is 2.43 bits per heavy atom. The molecule has 3 aliphatic rings. The topological polar surface area (TPSA) is 76.6 Å². The van der Waals surface area contributed by atoms with Crippen LogP contribution in [0, 0.1) is 11.8 Å². The van der Waals surface area contributed by atoms with Crippen LogP contribution in [0.25, 0.3) is 11.0 Å². The average molecular weight is 482 g/mol. The van der Waals surface area contributed by atoms with E-state index in [2.05, 4.69) is 34.3 Å². The maximum Gasteiger partial charge on any atom is 0.404 e. The van der Waals surface area contributed by atoms with Gasteiger partial charge in [-0.3, -0.25) is 4.90 Å². The third-order valence-electron chi connectivity index (χ3n) is 8.98. The number of hydrogen-bond acceptors (Lipinski definition) is 5. The Bertz CT molecular complexity index is 996. The molecule has 0 radical (unpaired) electrons. The fraction of sp³-hybridized carbons (Fsp3) is 0.714. The molecule has 0 atom stereocenters. The van der Waals surface area contributed by atoms with Gasteiger partial charge in [-0.05, 0) is 88.4 Å². The standard InChI is InChI=1S/C28H43N5O2/c1-20(2)21-7-9-22(10-8-21)32-16-11-23(12-17-32)33-26(19-35-28(29)34)25(18-31-14-3-4-15-31)24-6-5-13-30-27(24)33/h5-6,13,20-23H,3-4,7-12,14-19H2,1-2H3,(H2,29,34). The number of hydrogen-bond donors (Lipinski definition) is 1. The molecule has 1 aliphatic carbocycles. The number of piperidine rings is 1. The molecule has 0 unspecified atom stereocenters. The second kappa shape index (κ2) is 10.9. The first-order valence-electron chi connectivity index (χ1n) is 13.9. The van der Waals surface area contributed by atoms with Gasteiger partial charge < -0.3 is 19.9 Å². The van der Waals surface area contributed by atoms with Crippen LogP contribution < -0.4 is 5.73 Å². The zero-order chi connectivity index (χ0) is 24.4. The quantitative estimate of drug-likeness (QED) is 0.597. The minimum atomic E-state index is -0.714. The lowest BCUT2D eigenvalue weighted by Crippen LogP contribution is -2.44. The Kier molecular flexibility index (Phi) is 7.63. The molecule has 7 heteroatoms. The van der Waals surface area contributed by atoms with E-state index in [4.69, 9.17) is 15.5 Å². The van der Waals surface area contributed by atoms with Gasteiger partial charge in [-0.1, -0.05) is 13.8 Å². The lowest BCUT2D eigenvalue weighted by Gasteiger charge is -2.42. The highest BCUT2D eigenvalue weighted by Crippen LogP contribution is 2.37. The molecule has 2 aromatic heterocycles. The highest BCUT2D eigenvalue weighted by molar-refractivity contribution is 5.82. The summed E-state index contributed by atoms with van der Waals surface area (Å²) >= 11 is 0. The molecule has 0 spiro atoms. The Morgan fingerprint density at radius 1 is 1.06 bits per heavy atom. The van der Waals surface area contributed by atoms with Crippen molar-refractivity contribution in [2.24, 2.45) is 17.6 Å². The normalized spacial score (nSPS) is 25.0. The number of primary amides is 1. The van der Waals surface area contributed by atoms with Gasteiger partial charge in [0.25, 0.3) is 0 Å². The van der Waals surface area contributed by atoms with Gasteiger partial charge >= 0.3 is 6.09 Å². The minimum Gasteiger partial charge on any atom is -0.443 e.